The predicted molar refractivity (Wildman–Crippen MR) is 123 cm³/mol. The minimum Gasteiger partial charge on any atom is -0.478 e. The molecule has 0 aromatic heterocycles. The fourth-order valence-electron chi connectivity index (χ4n) is 3.71. The highest BCUT2D eigenvalue weighted by Crippen LogP contribution is 2.18. The van der Waals surface area contributed by atoms with Crippen LogP contribution in [0, 0.1) is 0 Å². The summed E-state index contributed by atoms with van der Waals surface area (Å²) in [5.74, 6) is -1.33. The van der Waals surface area contributed by atoms with Crippen molar-refractivity contribution in [1.29, 1.82) is 0 Å². The molecule has 4 heteroatoms. The number of ether oxygens (including phenoxy) is 1. The Morgan fingerprint density at radius 2 is 1.10 bits per heavy atom. The van der Waals surface area contributed by atoms with E-state index in [4.69, 9.17) is 9.84 Å². The van der Waals surface area contributed by atoms with E-state index in [0.29, 0.717) is 5.56 Å². The van der Waals surface area contributed by atoms with Gasteiger partial charge in [-0.1, -0.05) is 84.5 Å². The fourth-order valence-corrected chi connectivity index (χ4v) is 3.71. The van der Waals surface area contributed by atoms with Crippen molar-refractivity contribution in [3.63, 3.8) is 0 Å². The van der Waals surface area contributed by atoms with Crippen molar-refractivity contribution in [2.45, 2.75) is 116 Å². The summed E-state index contributed by atoms with van der Waals surface area (Å²) in [5, 5.41) is 9.00. The maximum absolute atomic E-state index is 12.5. The zero-order valence-corrected chi connectivity index (χ0v) is 19.2. The van der Waals surface area contributed by atoms with Crippen LogP contribution in [-0.2, 0) is 4.74 Å². The topological polar surface area (TPSA) is 63.6 Å². The second-order valence-corrected chi connectivity index (χ2v) is 8.38. The van der Waals surface area contributed by atoms with Crippen LogP contribution >= 0.6 is 0 Å². The van der Waals surface area contributed by atoms with Crippen LogP contribution in [0.3, 0.4) is 0 Å². The third-order valence-electron chi connectivity index (χ3n) is 5.65. The van der Waals surface area contributed by atoms with Crippen LogP contribution in [0.25, 0.3) is 0 Å². The first-order valence-corrected chi connectivity index (χ1v) is 12.1. The Labute approximate surface area is 183 Å². The summed E-state index contributed by atoms with van der Waals surface area (Å²) in [4.78, 5) is 23.5. The maximum atomic E-state index is 12.5. The van der Waals surface area contributed by atoms with Gasteiger partial charge in [0.2, 0.25) is 0 Å². The van der Waals surface area contributed by atoms with Crippen LogP contribution in [0.1, 0.15) is 131 Å². The van der Waals surface area contributed by atoms with Gasteiger partial charge in [0.25, 0.3) is 0 Å². The molecule has 0 heterocycles. The first-order chi connectivity index (χ1) is 14.6. The summed E-state index contributed by atoms with van der Waals surface area (Å²) in [7, 11) is 0. The first-order valence-electron chi connectivity index (χ1n) is 12.1. The van der Waals surface area contributed by atoms with Crippen molar-refractivity contribution >= 4 is 11.9 Å². The van der Waals surface area contributed by atoms with Crippen LogP contribution < -0.4 is 0 Å². The second-order valence-electron chi connectivity index (χ2n) is 8.38. The van der Waals surface area contributed by atoms with Gasteiger partial charge in [-0.15, -0.1) is 0 Å². The quantitative estimate of drug-likeness (QED) is 0.195. The minimum absolute atomic E-state index is 0.0432. The van der Waals surface area contributed by atoms with Crippen molar-refractivity contribution < 1.29 is 19.4 Å². The highest BCUT2D eigenvalue weighted by atomic mass is 16.5. The number of hydrogen-bond donors (Lipinski definition) is 1. The van der Waals surface area contributed by atoms with Gasteiger partial charge < -0.3 is 9.84 Å². The van der Waals surface area contributed by atoms with Gasteiger partial charge in [0.05, 0.1) is 11.1 Å². The maximum Gasteiger partial charge on any atom is 0.338 e. The van der Waals surface area contributed by atoms with Gasteiger partial charge in [-0.3, -0.25) is 0 Å². The lowest BCUT2D eigenvalue weighted by Gasteiger charge is -2.18. The molecular weight excluding hydrogens is 376 g/mol. The predicted octanol–water partition coefficient (Wildman–Crippen LogP) is 7.80. The van der Waals surface area contributed by atoms with Gasteiger partial charge in [-0.05, 0) is 49.9 Å². The highest BCUT2D eigenvalue weighted by Gasteiger charge is 2.16. The zero-order valence-electron chi connectivity index (χ0n) is 19.2. The highest BCUT2D eigenvalue weighted by molar-refractivity contribution is 5.92. The molecule has 1 unspecified atom stereocenters. The first kappa shape index (κ1) is 26.2. The van der Waals surface area contributed by atoms with E-state index in [1.54, 1.807) is 12.1 Å². The molecule has 0 spiro atoms. The number of rotatable bonds is 18. The van der Waals surface area contributed by atoms with Crippen LogP contribution in [-0.4, -0.2) is 23.1 Å². The van der Waals surface area contributed by atoms with Gasteiger partial charge in [0, 0.05) is 0 Å². The van der Waals surface area contributed by atoms with Gasteiger partial charge in [0.15, 0.2) is 0 Å². The number of hydrogen-bond acceptors (Lipinski definition) is 3. The van der Waals surface area contributed by atoms with E-state index in [-0.39, 0.29) is 17.6 Å². The van der Waals surface area contributed by atoms with Crippen LogP contribution in [0.15, 0.2) is 24.3 Å². The number of carboxylic acids is 1. The monoisotopic (exact) mass is 418 g/mol. The molecule has 4 nitrogen and oxygen atoms in total. The number of benzene rings is 1. The van der Waals surface area contributed by atoms with Crippen molar-refractivity contribution in [2.24, 2.45) is 0 Å². The van der Waals surface area contributed by atoms with E-state index in [1.165, 1.54) is 82.8 Å². The smallest absolute Gasteiger partial charge is 0.338 e. The molecular formula is C26H42O4. The number of carbonyl (C=O) groups is 2. The van der Waals surface area contributed by atoms with Crippen LogP contribution in [0.5, 0.6) is 0 Å². The van der Waals surface area contributed by atoms with Gasteiger partial charge in [-0.2, -0.15) is 0 Å². The molecule has 1 aromatic carbocycles. The summed E-state index contributed by atoms with van der Waals surface area (Å²) >= 11 is 0. The number of aromatic carboxylic acids is 1. The summed E-state index contributed by atoms with van der Waals surface area (Å²) in [5.41, 5.74) is 0.602. The van der Waals surface area contributed by atoms with Crippen molar-refractivity contribution in [3.05, 3.63) is 35.4 Å². The Morgan fingerprint density at radius 1 is 0.700 bits per heavy atom. The summed E-state index contributed by atoms with van der Waals surface area (Å²) in [6.45, 7) is 4.45. The van der Waals surface area contributed by atoms with E-state index >= 15 is 0 Å². The van der Waals surface area contributed by atoms with Crippen molar-refractivity contribution in [1.82, 2.24) is 0 Å². The van der Waals surface area contributed by atoms with Gasteiger partial charge in [-0.25, -0.2) is 9.59 Å². The van der Waals surface area contributed by atoms with E-state index in [1.807, 2.05) is 0 Å². The largest absolute Gasteiger partial charge is 0.478 e. The SMILES string of the molecule is CCCCCCCCCCC(CCCCCCC)OC(=O)c1ccc(C(=O)O)cc1. The zero-order chi connectivity index (χ0) is 22.0. The lowest BCUT2D eigenvalue weighted by atomic mass is 10.0. The number of carboxylic acid groups (broad SMARTS) is 1. The van der Waals surface area contributed by atoms with E-state index in [2.05, 4.69) is 13.8 Å². The molecule has 1 aromatic rings. The Balaban J connectivity index is 2.44. The molecule has 0 bridgehead atoms. The van der Waals surface area contributed by atoms with E-state index < -0.39 is 5.97 Å². The third-order valence-corrected chi connectivity index (χ3v) is 5.65. The van der Waals surface area contributed by atoms with Crippen molar-refractivity contribution in [2.75, 3.05) is 0 Å². The molecule has 1 atom stereocenters. The fraction of sp³-hybridized carbons (Fsp3) is 0.692. The molecule has 0 saturated carbocycles. The van der Waals surface area contributed by atoms with Crippen LogP contribution in [0.4, 0.5) is 0 Å². The average molecular weight is 419 g/mol. The molecule has 30 heavy (non-hydrogen) atoms. The molecule has 0 fully saturated rings. The Morgan fingerprint density at radius 3 is 1.53 bits per heavy atom. The molecule has 1 rings (SSSR count). The summed E-state index contributed by atoms with van der Waals surface area (Å²) in [6.07, 6.45) is 17.9. The number of unbranched alkanes of at least 4 members (excludes halogenated alkanes) is 11. The van der Waals surface area contributed by atoms with Gasteiger partial charge in [0.1, 0.15) is 6.10 Å². The van der Waals surface area contributed by atoms with E-state index in [9.17, 15) is 9.59 Å². The molecule has 170 valence electrons. The molecule has 1 N–H and O–H groups in total. The molecule has 0 aliphatic rings. The Kier molecular flexibility index (Phi) is 14.8. The van der Waals surface area contributed by atoms with Crippen LogP contribution in [0.2, 0.25) is 0 Å². The van der Waals surface area contributed by atoms with E-state index in [0.717, 1.165) is 25.7 Å². The third kappa shape index (κ3) is 12.0. The molecule has 0 radical (unpaired) electrons. The lowest BCUT2D eigenvalue weighted by molar-refractivity contribution is 0.0248. The average Bonchev–Trinajstić information content (AvgIpc) is 2.75. The molecule has 0 aliphatic carbocycles. The number of esters is 1. The lowest BCUT2D eigenvalue weighted by Crippen LogP contribution is -2.18. The summed E-state index contributed by atoms with van der Waals surface area (Å²) < 4.78 is 5.82. The Bertz CT molecular complexity index is 579. The summed E-state index contributed by atoms with van der Waals surface area (Å²) in [6, 6.07) is 6.00. The van der Waals surface area contributed by atoms with Gasteiger partial charge >= 0.3 is 11.9 Å². The molecule has 0 amide bonds. The standard InChI is InChI=1S/C26H42O4/c1-3-5-7-9-10-11-13-15-17-24(16-14-12-8-6-4-2)30-26(29)23-20-18-22(19-21-23)25(27)28/h18-21,24H,3-17H2,1-2H3,(H,27,28). The molecule has 0 aliphatic heterocycles. The number of carbonyl (C=O) groups excluding carboxylic acids is 1. The normalized spacial score (nSPS) is 11.9. The molecule has 0 saturated heterocycles. The minimum atomic E-state index is -0.991. The Hall–Kier alpha value is -1.84. The van der Waals surface area contributed by atoms with Crippen molar-refractivity contribution in [3.8, 4) is 0 Å². The second kappa shape index (κ2) is 16.9.